The Hall–Kier alpha value is -2.22. The monoisotopic (exact) mass is 430 g/mol. The maximum absolute atomic E-state index is 12.6. The van der Waals surface area contributed by atoms with Crippen molar-refractivity contribution in [1.29, 1.82) is 0 Å². The highest BCUT2D eigenvalue weighted by molar-refractivity contribution is 7.89. The van der Waals surface area contributed by atoms with Crippen LogP contribution in [-0.2, 0) is 26.0 Å². The Bertz CT molecular complexity index is 914. The minimum Gasteiger partial charge on any atom is -0.370 e. The molecular weight excluding hydrogens is 400 g/mol. The normalized spacial score (nSPS) is 17.1. The third-order valence-electron chi connectivity index (χ3n) is 5.22. The van der Waals surface area contributed by atoms with Gasteiger partial charge in [-0.05, 0) is 36.1 Å². The van der Waals surface area contributed by atoms with Crippen LogP contribution in [0.5, 0.6) is 0 Å². The molecule has 0 aromatic heterocycles. The summed E-state index contributed by atoms with van der Waals surface area (Å²) < 4.78 is 33.2. The van der Waals surface area contributed by atoms with Crippen LogP contribution in [-0.4, -0.2) is 45.5 Å². The van der Waals surface area contributed by atoms with Gasteiger partial charge in [0.2, 0.25) is 15.9 Å². The van der Waals surface area contributed by atoms with Crippen LogP contribution in [0.3, 0.4) is 0 Å². The van der Waals surface area contributed by atoms with E-state index in [9.17, 15) is 13.2 Å². The molecular formula is C23H30N2O4S. The Morgan fingerprint density at radius 2 is 1.87 bits per heavy atom. The highest BCUT2D eigenvalue weighted by Crippen LogP contribution is 2.22. The number of amides is 1. The van der Waals surface area contributed by atoms with E-state index in [1.165, 1.54) is 0 Å². The molecule has 1 aliphatic heterocycles. The van der Waals surface area contributed by atoms with Crippen LogP contribution in [0.4, 0.5) is 0 Å². The average molecular weight is 431 g/mol. The van der Waals surface area contributed by atoms with Crippen molar-refractivity contribution < 1.29 is 17.9 Å². The summed E-state index contributed by atoms with van der Waals surface area (Å²) in [7, 11) is -3.55. The third-order valence-corrected chi connectivity index (χ3v) is 6.70. The first-order valence-corrected chi connectivity index (χ1v) is 12.0. The number of carbonyl (C=O) groups excluding carboxylic acids is 1. The fraction of sp³-hybridized carbons (Fsp3) is 0.435. The first kappa shape index (κ1) is 22.5. The van der Waals surface area contributed by atoms with Crippen LogP contribution in [0.25, 0.3) is 0 Å². The number of hydrogen-bond donors (Lipinski definition) is 1. The van der Waals surface area contributed by atoms with Crippen molar-refractivity contribution in [2.75, 3.05) is 26.2 Å². The number of sulfonamides is 1. The molecule has 30 heavy (non-hydrogen) atoms. The number of hydrogen-bond acceptors (Lipinski definition) is 4. The van der Waals surface area contributed by atoms with E-state index in [4.69, 9.17) is 4.74 Å². The number of benzene rings is 2. The average Bonchev–Trinajstić information content (AvgIpc) is 2.78. The molecule has 1 saturated heterocycles. The Morgan fingerprint density at radius 3 is 2.57 bits per heavy atom. The third kappa shape index (κ3) is 6.14. The predicted molar refractivity (Wildman–Crippen MR) is 117 cm³/mol. The molecule has 0 radical (unpaired) electrons. The molecule has 2 aromatic carbocycles. The summed E-state index contributed by atoms with van der Waals surface area (Å²) in [6.45, 7) is 3.92. The van der Waals surface area contributed by atoms with Gasteiger partial charge in [0.15, 0.2) is 0 Å². The van der Waals surface area contributed by atoms with Crippen LogP contribution in [0.2, 0.25) is 0 Å². The highest BCUT2D eigenvalue weighted by Gasteiger charge is 2.25. The Balaban J connectivity index is 1.44. The summed E-state index contributed by atoms with van der Waals surface area (Å²) in [5.41, 5.74) is 2.19. The van der Waals surface area contributed by atoms with Crippen molar-refractivity contribution >= 4 is 15.9 Å². The van der Waals surface area contributed by atoms with Gasteiger partial charge in [-0.15, -0.1) is 0 Å². The van der Waals surface area contributed by atoms with Gasteiger partial charge >= 0.3 is 0 Å². The standard InChI is InChI=1S/C23H30N2O4S/c1-2-7-19-11-13-21(14-12-19)30(27,28)24-15-6-10-23(26)25-16-17-29-22(18-25)20-8-4-3-5-9-20/h3-5,8-9,11-14,22,24H,2,6-7,10,15-18H2,1H3. The van der Waals surface area contributed by atoms with E-state index in [2.05, 4.69) is 11.6 Å². The van der Waals surface area contributed by atoms with Crippen molar-refractivity contribution in [3.8, 4) is 0 Å². The molecule has 1 N–H and O–H groups in total. The van der Waals surface area contributed by atoms with E-state index in [1.807, 2.05) is 47.4 Å². The van der Waals surface area contributed by atoms with Crippen LogP contribution < -0.4 is 4.72 Å². The van der Waals surface area contributed by atoms with Crippen molar-refractivity contribution in [1.82, 2.24) is 9.62 Å². The number of aryl methyl sites for hydroxylation is 1. The lowest BCUT2D eigenvalue weighted by Crippen LogP contribution is -2.42. The van der Waals surface area contributed by atoms with E-state index < -0.39 is 10.0 Å². The molecule has 2 aromatic rings. The Kier molecular flexibility index (Phi) is 8.01. The number of nitrogens with one attached hydrogen (secondary N) is 1. The summed E-state index contributed by atoms with van der Waals surface area (Å²) in [4.78, 5) is 14.6. The van der Waals surface area contributed by atoms with Gasteiger partial charge in [0.25, 0.3) is 0 Å². The van der Waals surface area contributed by atoms with Crippen molar-refractivity contribution in [3.05, 3.63) is 65.7 Å². The molecule has 1 heterocycles. The minimum absolute atomic E-state index is 0.0300. The van der Waals surface area contributed by atoms with Gasteiger partial charge in [0, 0.05) is 19.5 Å². The maximum atomic E-state index is 12.6. The van der Waals surface area contributed by atoms with Gasteiger partial charge in [0.1, 0.15) is 6.10 Å². The fourth-order valence-corrected chi connectivity index (χ4v) is 4.63. The topological polar surface area (TPSA) is 75.7 Å². The first-order valence-electron chi connectivity index (χ1n) is 10.5. The molecule has 0 spiro atoms. The molecule has 0 aliphatic carbocycles. The van der Waals surface area contributed by atoms with Gasteiger partial charge in [-0.25, -0.2) is 13.1 Å². The van der Waals surface area contributed by atoms with Gasteiger partial charge in [-0.2, -0.15) is 0 Å². The van der Waals surface area contributed by atoms with E-state index in [1.54, 1.807) is 12.1 Å². The highest BCUT2D eigenvalue weighted by atomic mass is 32.2. The number of rotatable bonds is 9. The van der Waals surface area contributed by atoms with Crippen molar-refractivity contribution in [2.24, 2.45) is 0 Å². The molecule has 1 fully saturated rings. The quantitative estimate of drug-likeness (QED) is 0.620. The molecule has 1 atom stereocenters. The van der Waals surface area contributed by atoms with Gasteiger partial charge < -0.3 is 9.64 Å². The Labute approximate surface area is 179 Å². The maximum Gasteiger partial charge on any atom is 0.240 e. The smallest absolute Gasteiger partial charge is 0.240 e. The SMILES string of the molecule is CCCc1ccc(S(=O)(=O)NCCCC(=O)N2CCOC(c3ccccc3)C2)cc1. The summed E-state index contributed by atoms with van der Waals surface area (Å²) in [5, 5.41) is 0. The van der Waals surface area contributed by atoms with Crippen LogP contribution in [0.1, 0.15) is 43.4 Å². The van der Waals surface area contributed by atoms with E-state index in [-0.39, 0.29) is 23.5 Å². The van der Waals surface area contributed by atoms with Crippen LogP contribution >= 0.6 is 0 Å². The molecule has 7 heteroatoms. The summed E-state index contributed by atoms with van der Waals surface area (Å²) in [6, 6.07) is 16.9. The molecule has 6 nitrogen and oxygen atoms in total. The second-order valence-corrected chi connectivity index (χ2v) is 9.27. The lowest BCUT2D eigenvalue weighted by molar-refractivity contribution is -0.139. The minimum atomic E-state index is -3.55. The fourth-order valence-electron chi connectivity index (χ4n) is 3.56. The predicted octanol–water partition coefficient (Wildman–Crippen LogP) is 3.30. The molecule has 0 bridgehead atoms. The number of ether oxygens (including phenoxy) is 1. The molecule has 1 amide bonds. The zero-order chi connectivity index (χ0) is 21.4. The number of carbonyl (C=O) groups is 1. The van der Waals surface area contributed by atoms with Crippen molar-refractivity contribution in [2.45, 2.75) is 43.6 Å². The van der Waals surface area contributed by atoms with Crippen molar-refractivity contribution in [3.63, 3.8) is 0 Å². The number of nitrogens with zero attached hydrogens (tertiary/aromatic N) is 1. The van der Waals surface area contributed by atoms with Crippen LogP contribution in [0.15, 0.2) is 59.5 Å². The van der Waals surface area contributed by atoms with E-state index >= 15 is 0 Å². The summed E-state index contributed by atoms with van der Waals surface area (Å²) in [5.74, 6) is 0.0300. The Morgan fingerprint density at radius 1 is 1.13 bits per heavy atom. The second-order valence-electron chi connectivity index (χ2n) is 7.51. The molecule has 1 aliphatic rings. The molecule has 1 unspecified atom stereocenters. The first-order chi connectivity index (χ1) is 14.5. The largest absolute Gasteiger partial charge is 0.370 e. The lowest BCUT2D eigenvalue weighted by Gasteiger charge is -2.33. The van der Waals surface area contributed by atoms with Crippen LogP contribution in [0, 0.1) is 0 Å². The second kappa shape index (κ2) is 10.7. The van der Waals surface area contributed by atoms with Gasteiger partial charge in [-0.1, -0.05) is 55.8 Å². The zero-order valence-corrected chi connectivity index (χ0v) is 18.2. The van der Waals surface area contributed by atoms with Gasteiger partial charge in [-0.3, -0.25) is 4.79 Å². The van der Waals surface area contributed by atoms with E-state index in [0.717, 1.165) is 24.0 Å². The zero-order valence-electron chi connectivity index (χ0n) is 17.4. The summed E-state index contributed by atoms with van der Waals surface area (Å²) in [6.07, 6.45) is 2.60. The van der Waals surface area contributed by atoms with E-state index in [0.29, 0.717) is 32.5 Å². The molecule has 3 rings (SSSR count). The number of morpholine rings is 1. The molecule has 162 valence electrons. The van der Waals surface area contributed by atoms with Gasteiger partial charge in [0.05, 0.1) is 18.0 Å². The lowest BCUT2D eigenvalue weighted by atomic mass is 10.1. The molecule has 0 saturated carbocycles. The summed E-state index contributed by atoms with van der Waals surface area (Å²) >= 11 is 0.